The van der Waals surface area contributed by atoms with Crippen molar-refractivity contribution < 1.29 is 0 Å². The molecule has 0 N–H and O–H groups in total. The second-order valence-electron chi connectivity index (χ2n) is 7.75. The molecular formula is C18H32. The maximum atomic E-state index is 2.57. The van der Waals surface area contributed by atoms with Gasteiger partial charge >= 0.3 is 0 Å². The molecule has 0 aliphatic heterocycles. The van der Waals surface area contributed by atoms with Crippen LogP contribution in [0.1, 0.15) is 84.0 Å². The summed E-state index contributed by atoms with van der Waals surface area (Å²) in [5.74, 6) is 5.48. The van der Waals surface area contributed by atoms with Gasteiger partial charge in [0.25, 0.3) is 0 Å². The van der Waals surface area contributed by atoms with Gasteiger partial charge in [0.2, 0.25) is 0 Å². The summed E-state index contributed by atoms with van der Waals surface area (Å²) in [6.07, 6.45) is 18.6. The average Bonchev–Trinajstić information content (AvgIpc) is 2.41. The highest BCUT2D eigenvalue weighted by atomic mass is 14.4. The summed E-state index contributed by atoms with van der Waals surface area (Å²) in [6, 6.07) is 0. The van der Waals surface area contributed by atoms with Gasteiger partial charge in [-0.05, 0) is 48.9 Å². The van der Waals surface area contributed by atoms with E-state index in [1.54, 1.807) is 44.9 Å². The molecule has 0 heteroatoms. The molecule has 0 amide bonds. The predicted octanol–water partition coefficient (Wildman–Crippen LogP) is 5.81. The highest BCUT2D eigenvalue weighted by Gasteiger charge is 2.36. The van der Waals surface area contributed by atoms with E-state index < -0.39 is 0 Å². The van der Waals surface area contributed by atoms with Crippen molar-refractivity contribution >= 4 is 0 Å². The third-order valence-electron chi connectivity index (χ3n) is 6.51. The van der Waals surface area contributed by atoms with E-state index in [1.807, 2.05) is 0 Å². The lowest BCUT2D eigenvalue weighted by Gasteiger charge is -2.44. The van der Waals surface area contributed by atoms with Crippen molar-refractivity contribution in [3.05, 3.63) is 0 Å². The second kappa shape index (κ2) is 5.97. The smallest absolute Gasteiger partial charge is 0.0383 e. The summed E-state index contributed by atoms with van der Waals surface area (Å²) in [5, 5.41) is 0. The minimum Gasteiger partial charge on any atom is -0.0622 e. The molecule has 0 aromatic rings. The summed E-state index contributed by atoms with van der Waals surface area (Å²) in [5.41, 5.74) is 0. The summed E-state index contributed by atoms with van der Waals surface area (Å²) >= 11 is 0. The van der Waals surface area contributed by atoms with Crippen LogP contribution < -0.4 is 0 Å². The molecule has 0 bridgehead atoms. The van der Waals surface area contributed by atoms with Crippen LogP contribution in [0, 0.1) is 29.6 Å². The largest absolute Gasteiger partial charge is 0.0622 e. The lowest BCUT2D eigenvalue weighted by atomic mass is 9.62. The van der Waals surface area contributed by atoms with Crippen molar-refractivity contribution in [1.29, 1.82) is 0 Å². The fourth-order valence-corrected chi connectivity index (χ4v) is 5.38. The third-order valence-corrected chi connectivity index (χ3v) is 6.51. The Kier molecular flexibility index (Phi) is 4.31. The molecular weight excluding hydrogens is 216 g/mol. The van der Waals surface area contributed by atoms with Gasteiger partial charge in [0.15, 0.2) is 0 Å². The molecule has 4 atom stereocenters. The van der Waals surface area contributed by atoms with Crippen LogP contribution in [-0.2, 0) is 0 Å². The average molecular weight is 248 g/mol. The molecule has 0 radical (unpaired) electrons. The fraction of sp³-hybridized carbons (Fsp3) is 1.00. The quantitative estimate of drug-likeness (QED) is 0.578. The molecule has 3 aliphatic rings. The summed E-state index contributed by atoms with van der Waals surface area (Å²) in [6.45, 7) is 2.57. The van der Waals surface area contributed by atoms with Gasteiger partial charge in [0.1, 0.15) is 0 Å². The van der Waals surface area contributed by atoms with Crippen LogP contribution in [0.3, 0.4) is 0 Å². The second-order valence-corrected chi connectivity index (χ2v) is 7.75. The Morgan fingerprint density at radius 2 is 1.33 bits per heavy atom. The minimum atomic E-state index is 1.03. The van der Waals surface area contributed by atoms with Crippen molar-refractivity contribution in [3.63, 3.8) is 0 Å². The fourth-order valence-electron chi connectivity index (χ4n) is 5.38. The van der Waals surface area contributed by atoms with Crippen molar-refractivity contribution in [2.24, 2.45) is 29.6 Å². The number of rotatable bonds is 2. The Labute approximate surface area is 114 Å². The van der Waals surface area contributed by atoms with Crippen LogP contribution in [0.25, 0.3) is 0 Å². The Balaban J connectivity index is 1.54. The highest BCUT2D eigenvalue weighted by molar-refractivity contribution is 4.87. The molecule has 3 rings (SSSR count). The first-order chi connectivity index (χ1) is 8.83. The standard InChI is InChI=1S/C18H32/c1-14-11-16-9-5-6-10-17(16)13-18(14)12-15-7-3-2-4-8-15/h14-18H,2-13H2,1H3. The van der Waals surface area contributed by atoms with Gasteiger partial charge in [0.05, 0.1) is 0 Å². The lowest BCUT2D eigenvalue weighted by Crippen LogP contribution is -2.33. The molecule has 18 heavy (non-hydrogen) atoms. The molecule has 3 aliphatic carbocycles. The summed E-state index contributed by atoms with van der Waals surface area (Å²) < 4.78 is 0. The zero-order valence-electron chi connectivity index (χ0n) is 12.4. The van der Waals surface area contributed by atoms with Crippen molar-refractivity contribution in [3.8, 4) is 0 Å². The van der Waals surface area contributed by atoms with E-state index in [4.69, 9.17) is 0 Å². The Morgan fingerprint density at radius 3 is 2.06 bits per heavy atom. The molecule has 4 unspecified atom stereocenters. The number of hydrogen-bond acceptors (Lipinski definition) is 0. The van der Waals surface area contributed by atoms with E-state index in [2.05, 4.69) is 6.92 Å². The Hall–Kier alpha value is 0. The van der Waals surface area contributed by atoms with Gasteiger partial charge < -0.3 is 0 Å². The number of hydrogen-bond donors (Lipinski definition) is 0. The SMILES string of the molecule is CC1CC2CCCCC2CC1CC1CCCCC1. The van der Waals surface area contributed by atoms with Crippen molar-refractivity contribution in [2.45, 2.75) is 84.0 Å². The van der Waals surface area contributed by atoms with Gasteiger partial charge in [-0.3, -0.25) is 0 Å². The maximum Gasteiger partial charge on any atom is -0.0383 e. The van der Waals surface area contributed by atoms with E-state index in [-0.39, 0.29) is 0 Å². The van der Waals surface area contributed by atoms with Gasteiger partial charge in [-0.25, -0.2) is 0 Å². The monoisotopic (exact) mass is 248 g/mol. The van der Waals surface area contributed by atoms with E-state index >= 15 is 0 Å². The predicted molar refractivity (Wildman–Crippen MR) is 78.5 cm³/mol. The summed E-state index contributed by atoms with van der Waals surface area (Å²) in [7, 11) is 0. The Morgan fingerprint density at radius 1 is 0.722 bits per heavy atom. The molecule has 0 saturated heterocycles. The van der Waals surface area contributed by atoms with E-state index in [0.29, 0.717) is 0 Å². The van der Waals surface area contributed by atoms with E-state index in [9.17, 15) is 0 Å². The van der Waals surface area contributed by atoms with Crippen LogP contribution >= 0.6 is 0 Å². The van der Waals surface area contributed by atoms with E-state index in [1.165, 1.54) is 32.1 Å². The van der Waals surface area contributed by atoms with Crippen molar-refractivity contribution in [1.82, 2.24) is 0 Å². The molecule has 0 nitrogen and oxygen atoms in total. The molecule has 0 spiro atoms. The minimum absolute atomic E-state index is 1.03. The van der Waals surface area contributed by atoms with Crippen molar-refractivity contribution in [2.75, 3.05) is 0 Å². The Bertz CT molecular complexity index is 249. The normalized spacial score (nSPS) is 42.5. The topological polar surface area (TPSA) is 0 Å². The summed E-state index contributed by atoms with van der Waals surface area (Å²) in [4.78, 5) is 0. The van der Waals surface area contributed by atoms with Gasteiger partial charge in [-0.1, -0.05) is 64.7 Å². The van der Waals surface area contributed by atoms with Crippen LogP contribution in [0.5, 0.6) is 0 Å². The zero-order valence-corrected chi connectivity index (χ0v) is 12.4. The molecule has 3 fully saturated rings. The van der Waals surface area contributed by atoms with Crippen LogP contribution in [0.15, 0.2) is 0 Å². The molecule has 0 aromatic carbocycles. The molecule has 0 aromatic heterocycles. The molecule has 3 saturated carbocycles. The van der Waals surface area contributed by atoms with Gasteiger partial charge in [-0.15, -0.1) is 0 Å². The van der Waals surface area contributed by atoms with E-state index in [0.717, 1.165) is 29.6 Å². The first-order valence-electron chi connectivity index (χ1n) is 8.83. The first kappa shape index (κ1) is 13.0. The molecule has 0 heterocycles. The van der Waals surface area contributed by atoms with Gasteiger partial charge in [-0.2, -0.15) is 0 Å². The third kappa shape index (κ3) is 2.94. The van der Waals surface area contributed by atoms with Crippen LogP contribution in [-0.4, -0.2) is 0 Å². The zero-order chi connectivity index (χ0) is 12.4. The highest BCUT2D eigenvalue weighted by Crippen LogP contribution is 2.47. The first-order valence-corrected chi connectivity index (χ1v) is 8.83. The maximum absolute atomic E-state index is 2.57. The van der Waals surface area contributed by atoms with Gasteiger partial charge in [0, 0.05) is 0 Å². The lowest BCUT2D eigenvalue weighted by molar-refractivity contribution is 0.0683. The number of fused-ring (bicyclic) bond motifs is 1. The van der Waals surface area contributed by atoms with Crippen LogP contribution in [0.2, 0.25) is 0 Å². The van der Waals surface area contributed by atoms with Crippen LogP contribution in [0.4, 0.5) is 0 Å². The molecule has 104 valence electrons.